The molecule has 6 heteroatoms. The van der Waals surface area contributed by atoms with E-state index < -0.39 is 0 Å². The number of ether oxygens (including phenoxy) is 1. The van der Waals surface area contributed by atoms with Gasteiger partial charge in [0.1, 0.15) is 5.75 Å². The van der Waals surface area contributed by atoms with Crippen LogP contribution in [0, 0.1) is 0 Å². The van der Waals surface area contributed by atoms with Gasteiger partial charge in [-0.3, -0.25) is 14.5 Å². The predicted octanol–water partition coefficient (Wildman–Crippen LogP) is 3.99. The second-order valence-electron chi connectivity index (χ2n) is 7.60. The van der Waals surface area contributed by atoms with E-state index in [2.05, 4.69) is 17.0 Å². The second-order valence-corrected chi connectivity index (χ2v) is 7.60. The molecular weight excluding hydrogens is 366 g/mol. The predicted molar refractivity (Wildman–Crippen MR) is 112 cm³/mol. The Morgan fingerprint density at radius 1 is 1.17 bits per heavy atom. The van der Waals surface area contributed by atoms with Crippen LogP contribution in [0.15, 0.2) is 63.8 Å². The Morgan fingerprint density at radius 2 is 2.07 bits per heavy atom. The van der Waals surface area contributed by atoms with Crippen LogP contribution >= 0.6 is 0 Å². The van der Waals surface area contributed by atoms with Gasteiger partial charge in [-0.15, -0.1) is 0 Å². The molecule has 0 amide bonds. The molecule has 0 radical (unpaired) electrons. The van der Waals surface area contributed by atoms with Gasteiger partial charge in [-0.2, -0.15) is 0 Å². The number of aromatic nitrogens is 2. The summed E-state index contributed by atoms with van der Waals surface area (Å²) in [6.07, 6.45) is 2.02. The van der Waals surface area contributed by atoms with Gasteiger partial charge in [0.2, 0.25) is 0 Å². The highest BCUT2D eigenvalue weighted by molar-refractivity contribution is 5.80. The van der Waals surface area contributed by atoms with Crippen LogP contribution in [-0.2, 0) is 6.54 Å². The fraction of sp³-hybridized carbons (Fsp3) is 0.304. The minimum atomic E-state index is -0.268. The molecule has 3 heterocycles. The van der Waals surface area contributed by atoms with E-state index in [9.17, 15) is 4.79 Å². The van der Waals surface area contributed by atoms with Crippen LogP contribution < -0.4 is 10.5 Å². The van der Waals surface area contributed by atoms with Gasteiger partial charge in [0, 0.05) is 18.5 Å². The highest BCUT2D eigenvalue weighted by Crippen LogP contribution is 2.26. The maximum absolute atomic E-state index is 12.5. The molecule has 2 aromatic heterocycles. The number of oxazole rings is 1. The lowest BCUT2D eigenvalue weighted by atomic mass is 10.0. The maximum atomic E-state index is 12.5. The number of nitrogens with zero attached hydrogens (tertiary/aromatic N) is 3. The van der Waals surface area contributed by atoms with Crippen LogP contribution in [0.1, 0.15) is 24.6 Å². The number of benzene rings is 2. The Labute approximate surface area is 168 Å². The molecule has 0 bridgehead atoms. The lowest BCUT2D eigenvalue weighted by molar-refractivity contribution is 0.166. The third-order valence-electron chi connectivity index (χ3n) is 5.70. The van der Waals surface area contributed by atoms with Crippen molar-refractivity contribution in [3.63, 3.8) is 0 Å². The molecule has 5 rings (SSSR count). The van der Waals surface area contributed by atoms with Crippen LogP contribution in [-0.4, -0.2) is 34.7 Å². The number of rotatable bonds is 4. The molecule has 1 saturated heterocycles. The monoisotopic (exact) mass is 389 g/mol. The third-order valence-corrected chi connectivity index (χ3v) is 5.70. The van der Waals surface area contributed by atoms with Crippen molar-refractivity contribution in [1.82, 2.24) is 14.5 Å². The Morgan fingerprint density at radius 3 is 2.97 bits per heavy atom. The van der Waals surface area contributed by atoms with Gasteiger partial charge in [-0.25, -0.2) is 4.79 Å². The lowest BCUT2D eigenvalue weighted by Crippen LogP contribution is -2.38. The Bertz CT molecular complexity index is 1230. The molecule has 4 aromatic rings. The number of hydrogen-bond acceptors (Lipinski definition) is 5. The largest absolute Gasteiger partial charge is 0.497 e. The van der Waals surface area contributed by atoms with Crippen LogP contribution in [0.25, 0.3) is 22.0 Å². The van der Waals surface area contributed by atoms with Gasteiger partial charge < -0.3 is 9.15 Å². The summed E-state index contributed by atoms with van der Waals surface area (Å²) < 4.78 is 12.6. The van der Waals surface area contributed by atoms with Crippen molar-refractivity contribution in [3.05, 3.63) is 70.8 Å². The summed E-state index contributed by atoms with van der Waals surface area (Å²) in [6.45, 7) is 2.58. The molecule has 1 atom stereocenters. The molecule has 0 unspecified atom stereocenters. The van der Waals surface area contributed by atoms with Crippen molar-refractivity contribution in [1.29, 1.82) is 0 Å². The first-order chi connectivity index (χ1) is 14.2. The molecule has 1 fully saturated rings. The van der Waals surface area contributed by atoms with Crippen LogP contribution in [0.3, 0.4) is 0 Å². The van der Waals surface area contributed by atoms with Crippen molar-refractivity contribution >= 4 is 22.0 Å². The van der Waals surface area contributed by atoms with Crippen molar-refractivity contribution in [2.24, 2.45) is 0 Å². The Kier molecular flexibility index (Phi) is 4.56. The number of piperidine rings is 1. The van der Waals surface area contributed by atoms with Crippen LogP contribution in [0.4, 0.5) is 0 Å². The molecule has 0 saturated carbocycles. The van der Waals surface area contributed by atoms with Crippen molar-refractivity contribution in [3.8, 4) is 5.75 Å². The summed E-state index contributed by atoms with van der Waals surface area (Å²) in [5.41, 5.74) is 3.53. The van der Waals surface area contributed by atoms with E-state index in [0.29, 0.717) is 5.58 Å². The zero-order valence-electron chi connectivity index (χ0n) is 16.4. The number of pyridine rings is 1. The average Bonchev–Trinajstić information content (AvgIpc) is 3.09. The Hall–Kier alpha value is -3.12. The SMILES string of the molecule is COc1ccc2nc(CN3CCC[C@@H](n4c(=O)oc5ccccc54)C3)ccc2c1. The van der Waals surface area contributed by atoms with Crippen LogP contribution in [0.5, 0.6) is 5.75 Å². The van der Waals surface area contributed by atoms with E-state index in [4.69, 9.17) is 14.1 Å². The zero-order valence-corrected chi connectivity index (χ0v) is 16.4. The maximum Gasteiger partial charge on any atom is 0.420 e. The van der Waals surface area contributed by atoms with E-state index >= 15 is 0 Å². The third kappa shape index (κ3) is 3.40. The summed E-state index contributed by atoms with van der Waals surface area (Å²) in [6, 6.07) is 17.9. The first kappa shape index (κ1) is 17.9. The average molecular weight is 389 g/mol. The van der Waals surface area contributed by atoms with Crippen molar-refractivity contribution < 1.29 is 9.15 Å². The summed E-state index contributed by atoms with van der Waals surface area (Å²) in [7, 11) is 1.67. The van der Waals surface area contributed by atoms with Gasteiger partial charge in [-0.05, 0) is 55.8 Å². The van der Waals surface area contributed by atoms with Gasteiger partial charge in [0.25, 0.3) is 0 Å². The number of fused-ring (bicyclic) bond motifs is 2. The lowest BCUT2D eigenvalue weighted by Gasteiger charge is -2.32. The number of methoxy groups -OCH3 is 1. The van der Waals surface area contributed by atoms with E-state index in [1.807, 2.05) is 47.0 Å². The second kappa shape index (κ2) is 7.37. The molecule has 1 aliphatic heterocycles. The summed E-state index contributed by atoms with van der Waals surface area (Å²) in [5.74, 6) is 0.569. The quantitative estimate of drug-likeness (QED) is 0.528. The summed E-state index contributed by atoms with van der Waals surface area (Å²) in [4.78, 5) is 19.6. The molecule has 0 N–H and O–H groups in total. The standard InChI is InChI=1S/C23H23N3O3/c1-28-19-10-11-20-16(13-19)8-9-17(24-20)14-25-12-4-5-18(15-25)26-21-6-2-3-7-22(21)29-23(26)27/h2-3,6-11,13,18H,4-5,12,14-15H2,1H3/t18-/m1/s1. The van der Waals surface area contributed by atoms with Gasteiger partial charge in [0.15, 0.2) is 5.58 Å². The number of para-hydroxylation sites is 2. The van der Waals surface area contributed by atoms with Gasteiger partial charge in [0.05, 0.1) is 29.9 Å². The summed E-state index contributed by atoms with van der Waals surface area (Å²) in [5, 5.41) is 1.07. The van der Waals surface area contributed by atoms with Gasteiger partial charge in [-0.1, -0.05) is 18.2 Å². The first-order valence-electron chi connectivity index (χ1n) is 9.97. The van der Waals surface area contributed by atoms with Crippen molar-refractivity contribution in [2.75, 3.05) is 20.2 Å². The topological polar surface area (TPSA) is 60.5 Å². The minimum Gasteiger partial charge on any atom is -0.497 e. The van der Waals surface area contributed by atoms with Crippen LogP contribution in [0.2, 0.25) is 0 Å². The first-order valence-corrected chi connectivity index (χ1v) is 9.97. The molecule has 0 spiro atoms. The fourth-order valence-electron chi connectivity index (χ4n) is 4.31. The number of hydrogen-bond donors (Lipinski definition) is 0. The number of likely N-dealkylation sites (tertiary alicyclic amines) is 1. The zero-order chi connectivity index (χ0) is 19.8. The molecule has 6 nitrogen and oxygen atoms in total. The van der Waals surface area contributed by atoms with E-state index in [-0.39, 0.29) is 11.8 Å². The minimum absolute atomic E-state index is 0.115. The molecule has 148 valence electrons. The Balaban J connectivity index is 1.38. The molecule has 2 aromatic carbocycles. The van der Waals surface area contributed by atoms with E-state index in [1.54, 1.807) is 7.11 Å². The summed E-state index contributed by atoms with van der Waals surface area (Å²) >= 11 is 0. The normalized spacial score (nSPS) is 17.8. The fourth-order valence-corrected chi connectivity index (χ4v) is 4.31. The molecular formula is C23H23N3O3. The molecule has 29 heavy (non-hydrogen) atoms. The highest BCUT2D eigenvalue weighted by atomic mass is 16.5. The molecule has 1 aliphatic rings. The molecule has 0 aliphatic carbocycles. The smallest absolute Gasteiger partial charge is 0.420 e. The van der Waals surface area contributed by atoms with E-state index in [0.717, 1.165) is 60.3 Å². The highest BCUT2D eigenvalue weighted by Gasteiger charge is 2.25. The van der Waals surface area contributed by atoms with E-state index in [1.165, 1.54) is 0 Å². The van der Waals surface area contributed by atoms with Crippen molar-refractivity contribution in [2.45, 2.75) is 25.4 Å². The van der Waals surface area contributed by atoms with Gasteiger partial charge >= 0.3 is 5.76 Å².